The van der Waals surface area contributed by atoms with E-state index in [1.165, 1.54) is 12.1 Å². The molecule has 0 spiro atoms. The largest absolute Gasteiger partial charge is 0.390 e. The summed E-state index contributed by atoms with van der Waals surface area (Å²) < 4.78 is 0. The van der Waals surface area contributed by atoms with E-state index in [4.69, 9.17) is 0 Å². The summed E-state index contributed by atoms with van der Waals surface area (Å²) >= 11 is 0. The van der Waals surface area contributed by atoms with Gasteiger partial charge in [0, 0.05) is 18.6 Å². The third kappa shape index (κ3) is 1.90. The molecule has 1 saturated carbocycles. The zero-order valence-electron chi connectivity index (χ0n) is 7.64. The third-order valence-corrected chi connectivity index (χ3v) is 2.48. The van der Waals surface area contributed by atoms with Gasteiger partial charge in [0.1, 0.15) is 0 Å². The fourth-order valence-electron chi connectivity index (χ4n) is 1.48. The molecule has 0 heterocycles. The lowest BCUT2D eigenvalue weighted by Crippen LogP contribution is -2.10. The van der Waals surface area contributed by atoms with Gasteiger partial charge < -0.3 is 5.11 Å². The van der Waals surface area contributed by atoms with Crippen molar-refractivity contribution in [1.29, 1.82) is 0 Å². The van der Waals surface area contributed by atoms with Crippen LogP contribution in [0.2, 0.25) is 0 Å². The first-order valence-electron chi connectivity index (χ1n) is 4.55. The summed E-state index contributed by atoms with van der Waals surface area (Å²) in [5, 5.41) is 20.1. The van der Waals surface area contributed by atoms with Gasteiger partial charge in [0.05, 0.1) is 10.5 Å². The van der Waals surface area contributed by atoms with Crippen LogP contribution in [0.25, 0.3) is 0 Å². The summed E-state index contributed by atoms with van der Waals surface area (Å²) in [5.74, 6) is 0. The molecule has 0 saturated heterocycles. The lowest BCUT2D eigenvalue weighted by Gasteiger charge is -2.06. The van der Waals surface area contributed by atoms with E-state index in [9.17, 15) is 15.2 Å². The summed E-state index contributed by atoms with van der Waals surface area (Å²) in [6, 6.07) is 6.44. The maximum absolute atomic E-state index is 10.5. The zero-order valence-corrected chi connectivity index (χ0v) is 7.64. The van der Waals surface area contributed by atoms with E-state index >= 15 is 0 Å². The van der Waals surface area contributed by atoms with Gasteiger partial charge in [-0.05, 0) is 18.4 Å². The number of nitro benzene ring substituents is 1. The number of hydrogen-bond acceptors (Lipinski definition) is 3. The van der Waals surface area contributed by atoms with E-state index in [-0.39, 0.29) is 5.69 Å². The topological polar surface area (TPSA) is 63.4 Å². The van der Waals surface area contributed by atoms with Crippen molar-refractivity contribution in [3.63, 3.8) is 0 Å². The quantitative estimate of drug-likeness (QED) is 0.586. The van der Waals surface area contributed by atoms with E-state index in [2.05, 4.69) is 0 Å². The first kappa shape index (κ1) is 9.15. The summed E-state index contributed by atoms with van der Waals surface area (Å²) in [5.41, 5.74) is 0.334. The number of hydrogen-bond donors (Lipinski definition) is 1. The smallest absolute Gasteiger partial charge is 0.269 e. The van der Waals surface area contributed by atoms with E-state index in [0.29, 0.717) is 6.42 Å². The molecule has 0 radical (unpaired) electrons. The van der Waals surface area contributed by atoms with Gasteiger partial charge in [-0.3, -0.25) is 10.1 Å². The minimum Gasteiger partial charge on any atom is -0.390 e. The van der Waals surface area contributed by atoms with Crippen LogP contribution in [-0.2, 0) is 6.42 Å². The monoisotopic (exact) mass is 193 g/mol. The average molecular weight is 193 g/mol. The van der Waals surface area contributed by atoms with Crippen molar-refractivity contribution in [1.82, 2.24) is 0 Å². The summed E-state index contributed by atoms with van der Waals surface area (Å²) in [6.45, 7) is 0. The minimum atomic E-state index is -0.588. The highest BCUT2D eigenvalue weighted by Gasteiger charge is 2.40. The first-order valence-corrected chi connectivity index (χ1v) is 4.55. The van der Waals surface area contributed by atoms with Gasteiger partial charge in [-0.1, -0.05) is 12.1 Å². The molecule has 4 heteroatoms. The van der Waals surface area contributed by atoms with Gasteiger partial charge in [-0.2, -0.15) is 0 Å². The molecule has 1 aromatic carbocycles. The Morgan fingerprint density at radius 1 is 1.50 bits per heavy atom. The van der Waals surface area contributed by atoms with Crippen LogP contribution in [0.4, 0.5) is 5.69 Å². The van der Waals surface area contributed by atoms with Crippen LogP contribution in [0, 0.1) is 10.1 Å². The molecule has 74 valence electrons. The van der Waals surface area contributed by atoms with E-state index in [1.54, 1.807) is 6.07 Å². The molecule has 1 fully saturated rings. The van der Waals surface area contributed by atoms with Crippen molar-refractivity contribution < 1.29 is 10.0 Å². The van der Waals surface area contributed by atoms with Crippen LogP contribution in [0.5, 0.6) is 0 Å². The molecule has 2 rings (SSSR count). The second kappa shape index (κ2) is 3.06. The summed E-state index contributed by atoms with van der Waals surface area (Å²) in [4.78, 5) is 10.1. The fraction of sp³-hybridized carbons (Fsp3) is 0.400. The molecule has 1 aliphatic carbocycles. The summed E-state index contributed by atoms with van der Waals surface area (Å²) in [6.07, 6.45) is 2.13. The lowest BCUT2D eigenvalue weighted by atomic mass is 10.1. The first-order chi connectivity index (χ1) is 6.59. The Bertz CT molecular complexity index is 371. The standard InChI is InChI=1S/C10H11NO3/c12-10(4-5-10)7-8-2-1-3-9(6-8)11(13)14/h1-3,6,12H,4-5,7H2. The number of benzene rings is 1. The van der Waals surface area contributed by atoms with Gasteiger partial charge >= 0.3 is 0 Å². The van der Waals surface area contributed by atoms with Crippen LogP contribution < -0.4 is 0 Å². The molecular weight excluding hydrogens is 182 g/mol. The molecule has 0 unspecified atom stereocenters. The maximum atomic E-state index is 10.5. The predicted molar refractivity (Wildman–Crippen MR) is 51.0 cm³/mol. The van der Waals surface area contributed by atoms with Crippen LogP contribution in [0.1, 0.15) is 18.4 Å². The van der Waals surface area contributed by atoms with Crippen molar-refractivity contribution in [3.8, 4) is 0 Å². The van der Waals surface area contributed by atoms with Crippen molar-refractivity contribution in [2.45, 2.75) is 24.9 Å². The Balaban J connectivity index is 2.17. The second-order valence-corrected chi connectivity index (χ2v) is 3.83. The Morgan fingerprint density at radius 2 is 2.21 bits per heavy atom. The molecule has 14 heavy (non-hydrogen) atoms. The van der Waals surface area contributed by atoms with Crippen molar-refractivity contribution in [2.75, 3.05) is 0 Å². The molecule has 0 atom stereocenters. The number of nitro groups is 1. The number of aliphatic hydroxyl groups is 1. The molecule has 0 aliphatic heterocycles. The molecule has 4 nitrogen and oxygen atoms in total. The highest BCUT2D eigenvalue weighted by atomic mass is 16.6. The van der Waals surface area contributed by atoms with Gasteiger partial charge in [0.15, 0.2) is 0 Å². The molecular formula is C10H11NO3. The highest BCUT2D eigenvalue weighted by molar-refractivity contribution is 5.35. The molecule has 0 aromatic heterocycles. The van der Waals surface area contributed by atoms with Gasteiger partial charge in [-0.25, -0.2) is 0 Å². The average Bonchev–Trinajstić information content (AvgIpc) is 2.83. The van der Waals surface area contributed by atoms with E-state index < -0.39 is 10.5 Å². The molecule has 1 N–H and O–H groups in total. The maximum Gasteiger partial charge on any atom is 0.269 e. The predicted octanol–water partition coefficient (Wildman–Crippen LogP) is 1.66. The minimum absolute atomic E-state index is 0.0896. The molecule has 0 amide bonds. The second-order valence-electron chi connectivity index (χ2n) is 3.83. The van der Waals surface area contributed by atoms with E-state index in [1.807, 2.05) is 6.07 Å². The molecule has 0 bridgehead atoms. The SMILES string of the molecule is O=[N+]([O-])c1cccc(CC2(O)CC2)c1. The van der Waals surface area contributed by atoms with Gasteiger partial charge in [-0.15, -0.1) is 0 Å². The molecule has 1 aromatic rings. The van der Waals surface area contributed by atoms with Crippen LogP contribution in [-0.4, -0.2) is 15.6 Å². The van der Waals surface area contributed by atoms with Gasteiger partial charge in [0.25, 0.3) is 5.69 Å². The third-order valence-electron chi connectivity index (χ3n) is 2.48. The Hall–Kier alpha value is -1.42. The summed E-state index contributed by atoms with van der Waals surface area (Å²) in [7, 11) is 0. The Morgan fingerprint density at radius 3 is 2.79 bits per heavy atom. The fourth-order valence-corrected chi connectivity index (χ4v) is 1.48. The lowest BCUT2D eigenvalue weighted by molar-refractivity contribution is -0.384. The highest BCUT2D eigenvalue weighted by Crippen LogP contribution is 2.38. The number of nitrogens with zero attached hydrogens (tertiary/aromatic N) is 1. The Kier molecular flexibility index (Phi) is 2.00. The van der Waals surface area contributed by atoms with E-state index in [0.717, 1.165) is 18.4 Å². The van der Waals surface area contributed by atoms with Crippen molar-refractivity contribution >= 4 is 5.69 Å². The molecule has 1 aliphatic rings. The normalized spacial score (nSPS) is 17.8. The number of non-ortho nitro benzene ring substituents is 1. The van der Waals surface area contributed by atoms with Crippen molar-refractivity contribution in [3.05, 3.63) is 39.9 Å². The zero-order chi connectivity index (χ0) is 10.2. The Labute approximate surface area is 81.3 Å². The van der Waals surface area contributed by atoms with Crippen LogP contribution in [0.3, 0.4) is 0 Å². The van der Waals surface area contributed by atoms with Crippen molar-refractivity contribution in [2.24, 2.45) is 0 Å². The number of rotatable bonds is 3. The van der Waals surface area contributed by atoms with Crippen LogP contribution in [0.15, 0.2) is 24.3 Å². The van der Waals surface area contributed by atoms with Gasteiger partial charge in [0.2, 0.25) is 0 Å². The van der Waals surface area contributed by atoms with Crippen LogP contribution >= 0.6 is 0 Å².